The smallest absolute Gasteiger partial charge is 0.315 e. The molecule has 0 saturated heterocycles. The number of carbonyl (C=O) groups is 1. The Labute approximate surface area is 187 Å². The Balaban J connectivity index is 1.99. The van der Waals surface area contributed by atoms with Crippen molar-refractivity contribution in [2.45, 2.75) is 63.7 Å². The van der Waals surface area contributed by atoms with Gasteiger partial charge in [-0.2, -0.15) is 5.10 Å². The molecule has 1 aliphatic heterocycles. The van der Waals surface area contributed by atoms with Crippen molar-refractivity contribution >= 4 is 23.2 Å². The van der Waals surface area contributed by atoms with Gasteiger partial charge in [0.25, 0.3) is 5.69 Å². The molecule has 0 bridgehead atoms. The number of aryl methyl sites for hydroxylation is 1. The first-order valence-electron chi connectivity index (χ1n) is 11.3. The molecular formula is C24H30N4O4. The minimum absolute atomic E-state index is 0.00106. The Morgan fingerprint density at radius 3 is 2.66 bits per heavy atom. The third-order valence-electron chi connectivity index (χ3n) is 7.31. The number of rotatable bonds is 5. The highest BCUT2D eigenvalue weighted by atomic mass is 16.6. The third kappa shape index (κ3) is 3.51. The second kappa shape index (κ2) is 8.48. The van der Waals surface area contributed by atoms with Gasteiger partial charge in [-0.15, -0.1) is 0 Å². The van der Waals surface area contributed by atoms with Crippen LogP contribution in [-0.2, 0) is 22.0 Å². The highest BCUT2D eigenvalue weighted by Gasteiger charge is 2.46. The van der Waals surface area contributed by atoms with Gasteiger partial charge >= 0.3 is 5.97 Å². The summed E-state index contributed by atoms with van der Waals surface area (Å²) in [4.78, 5) is 28.9. The number of hydrogen-bond donors (Lipinski definition) is 0. The van der Waals surface area contributed by atoms with Gasteiger partial charge in [0.15, 0.2) is 5.82 Å². The van der Waals surface area contributed by atoms with Crippen molar-refractivity contribution in [3.05, 3.63) is 51.2 Å². The number of hydrogen-bond acceptors (Lipinski definition) is 6. The van der Waals surface area contributed by atoms with Crippen LogP contribution in [0.2, 0.25) is 0 Å². The number of methoxy groups -OCH3 is 1. The first kappa shape index (κ1) is 22.2. The fourth-order valence-corrected chi connectivity index (χ4v) is 5.60. The van der Waals surface area contributed by atoms with Crippen molar-refractivity contribution in [2.75, 3.05) is 7.11 Å². The van der Waals surface area contributed by atoms with Gasteiger partial charge in [-0.25, -0.2) is 4.99 Å². The summed E-state index contributed by atoms with van der Waals surface area (Å²) in [6.07, 6.45) is 6.53. The molecule has 1 aromatic heterocycles. The zero-order valence-electron chi connectivity index (χ0n) is 19.1. The molecule has 2 aliphatic rings. The molecule has 2 heterocycles. The number of esters is 1. The Hall–Kier alpha value is -3.03. The third-order valence-corrected chi connectivity index (χ3v) is 7.31. The zero-order chi connectivity index (χ0) is 23.0. The van der Waals surface area contributed by atoms with E-state index in [9.17, 15) is 14.9 Å². The van der Waals surface area contributed by atoms with Crippen molar-refractivity contribution in [1.82, 2.24) is 9.78 Å². The van der Waals surface area contributed by atoms with Crippen LogP contribution < -0.4 is 0 Å². The number of nitro benzene ring substituents is 1. The van der Waals surface area contributed by atoms with E-state index < -0.39 is 22.7 Å². The highest BCUT2D eigenvalue weighted by molar-refractivity contribution is 6.05. The van der Waals surface area contributed by atoms with Crippen molar-refractivity contribution in [3.63, 3.8) is 0 Å². The molecule has 2 unspecified atom stereocenters. The molecule has 8 heteroatoms. The van der Waals surface area contributed by atoms with Crippen molar-refractivity contribution in [2.24, 2.45) is 18.0 Å². The van der Waals surface area contributed by atoms with Gasteiger partial charge in [-0.05, 0) is 31.7 Å². The summed E-state index contributed by atoms with van der Waals surface area (Å²) in [5.74, 6) is -0.760. The van der Waals surface area contributed by atoms with E-state index in [1.165, 1.54) is 19.6 Å². The molecule has 4 rings (SSSR count). The number of aromatic nitrogens is 2. The van der Waals surface area contributed by atoms with Gasteiger partial charge in [0.2, 0.25) is 0 Å². The number of benzene rings is 1. The minimum Gasteiger partial charge on any atom is -0.468 e. The molecule has 32 heavy (non-hydrogen) atoms. The number of carbonyl (C=O) groups excluding carboxylic acids is 1. The summed E-state index contributed by atoms with van der Waals surface area (Å²) >= 11 is 0. The number of aliphatic imine (C=N–C) groups is 1. The molecule has 8 nitrogen and oxygen atoms in total. The number of nitrogens with zero attached hydrogens (tertiary/aromatic N) is 4. The molecule has 2 atom stereocenters. The molecule has 1 aromatic carbocycles. The molecule has 2 aromatic rings. The summed E-state index contributed by atoms with van der Waals surface area (Å²) in [5.41, 5.74) is 3.16. The lowest BCUT2D eigenvalue weighted by Crippen LogP contribution is -2.36. The van der Waals surface area contributed by atoms with Crippen molar-refractivity contribution in [1.29, 1.82) is 0 Å². The molecule has 1 saturated carbocycles. The van der Waals surface area contributed by atoms with Crippen LogP contribution in [0.15, 0.2) is 29.3 Å². The molecule has 1 aliphatic carbocycles. The van der Waals surface area contributed by atoms with E-state index >= 15 is 0 Å². The topological polar surface area (TPSA) is 99.6 Å². The van der Waals surface area contributed by atoms with Crippen LogP contribution in [0.3, 0.4) is 0 Å². The summed E-state index contributed by atoms with van der Waals surface area (Å²) in [7, 11) is 3.25. The summed E-state index contributed by atoms with van der Waals surface area (Å²) in [6.45, 7) is 4.02. The zero-order valence-corrected chi connectivity index (χ0v) is 19.1. The maximum atomic E-state index is 13.0. The monoisotopic (exact) mass is 438 g/mol. The van der Waals surface area contributed by atoms with Crippen molar-refractivity contribution in [3.8, 4) is 0 Å². The maximum absolute atomic E-state index is 13.0. The summed E-state index contributed by atoms with van der Waals surface area (Å²) in [6, 6.07) is 6.57. The highest BCUT2D eigenvalue weighted by Crippen LogP contribution is 2.51. The molecule has 0 N–H and O–H groups in total. The van der Waals surface area contributed by atoms with E-state index in [0.717, 1.165) is 49.2 Å². The average molecular weight is 439 g/mol. The van der Waals surface area contributed by atoms with E-state index in [-0.39, 0.29) is 11.1 Å². The maximum Gasteiger partial charge on any atom is 0.315 e. The van der Waals surface area contributed by atoms with Gasteiger partial charge < -0.3 is 4.74 Å². The number of fused-ring (bicyclic) bond motifs is 1. The Bertz CT molecular complexity index is 1080. The van der Waals surface area contributed by atoms with Crippen LogP contribution in [0.5, 0.6) is 0 Å². The SMILES string of the molecule is CCC1(c2nn(C)c3c2C(c2cccc([N+](=O)[O-])c2)C(C(=O)OC)C(C)=N3)CCCCC1. The predicted molar refractivity (Wildman–Crippen MR) is 121 cm³/mol. The number of non-ortho nitro benzene ring substituents is 1. The lowest BCUT2D eigenvalue weighted by Gasteiger charge is -2.38. The summed E-state index contributed by atoms with van der Waals surface area (Å²) in [5, 5.41) is 16.5. The second-order valence-electron chi connectivity index (χ2n) is 8.99. The van der Waals surface area contributed by atoms with Crippen LogP contribution in [0.1, 0.15) is 75.1 Å². The molecule has 0 amide bonds. The molecular weight excluding hydrogens is 408 g/mol. The van der Waals surface area contributed by atoms with E-state index in [1.807, 2.05) is 20.0 Å². The fourth-order valence-electron chi connectivity index (χ4n) is 5.60. The fraction of sp³-hybridized carbons (Fsp3) is 0.542. The van der Waals surface area contributed by atoms with E-state index in [2.05, 4.69) is 6.92 Å². The number of ether oxygens (including phenoxy) is 1. The number of nitro groups is 1. The second-order valence-corrected chi connectivity index (χ2v) is 8.99. The van der Waals surface area contributed by atoms with Crippen LogP contribution in [0.4, 0.5) is 11.5 Å². The Morgan fingerprint density at radius 2 is 2.03 bits per heavy atom. The van der Waals surface area contributed by atoms with Crippen LogP contribution in [0.25, 0.3) is 0 Å². The molecule has 0 spiro atoms. The largest absolute Gasteiger partial charge is 0.468 e. The van der Waals surface area contributed by atoms with Gasteiger partial charge in [-0.3, -0.25) is 19.6 Å². The quantitative estimate of drug-likeness (QED) is 0.373. The summed E-state index contributed by atoms with van der Waals surface area (Å²) < 4.78 is 6.97. The Kier molecular flexibility index (Phi) is 5.88. The Morgan fingerprint density at radius 1 is 1.31 bits per heavy atom. The lowest BCUT2D eigenvalue weighted by molar-refractivity contribution is -0.384. The molecule has 0 radical (unpaired) electrons. The lowest BCUT2D eigenvalue weighted by atomic mass is 9.66. The van der Waals surface area contributed by atoms with Gasteiger partial charge in [0, 0.05) is 41.8 Å². The van der Waals surface area contributed by atoms with Crippen LogP contribution >= 0.6 is 0 Å². The van der Waals surface area contributed by atoms with E-state index in [1.54, 1.807) is 16.8 Å². The first-order valence-corrected chi connectivity index (χ1v) is 11.3. The standard InChI is InChI=1S/C24H30N4O4/c1-5-24(12-7-6-8-13-24)21-20-19(16-10-9-11-17(14-16)28(30)31)18(23(29)32-4)15(2)25-22(20)27(3)26-21/h9-11,14,18-19H,5-8,12-13H2,1-4H3. The van der Waals surface area contributed by atoms with Crippen LogP contribution in [-0.4, -0.2) is 33.5 Å². The predicted octanol–water partition coefficient (Wildman–Crippen LogP) is 4.97. The van der Waals surface area contributed by atoms with Crippen LogP contribution in [0, 0.1) is 16.0 Å². The normalized spacial score (nSPS) is 22.1. The van der Waals surface area contributed by atoms with Gasteiger partial charge in [0.1, 0.15) is 5.92 Å². The van der Waals surface area contributed by atoms with Crippen molar-refractivity contribution < 1.29 is 14.5 Å². The van der Waals surface area contributed by atoms with E-state index in [4.69, 9.17) is 14.8 Å². The van der Waals surface area contributed by atoms with Gasteiger partial charge in [-0.1, -0.05) is 38.3 Å². The minimum atomic E-state index is -0.657. The molecule has 170 valence electrons. The average Bonchev–Trinajstić information content (AvgIpc) is 3.14. The first-order chi connectivity index (χ1) is 15.3. The van der Waals surface area contributed by atoms with Gasteiger partial charge in [0.05, 0.1) is 17.7 Å². The molecule has 1 fully saturated rings. The van der Waals surface area contributed by atoms with E-state index in [0.29, 0.717) is 11.3 Å².